The summed E-state index contributed by atoms with van der Waals surface area (Å²) in [7, 11) is 0. The number of benzene rings is 1. The van der Waals surface area contributed by atoms with Gasteiger partial charge in [0.25, 0.3) is 0 Å². The minimum atomic E-state index is -0.208. The van der Waals surface area contributed by atoms with Crippen LogP contribution in [0.4, 0.5) is 0 Å². The average Bonchev–Trinajstić information content (AvgIpc) is 3.29. The summed E-state index contributed by atoms with van der Waals surface area (Å²) in [5, 5.41) is 8.15. The number of nitrogens with zero attached hydrogens (tertiary/aromatic N) is 1. The number of aromatic nitrogens is 1. The summed E-state index contributed by atoms with van der Waals surface area (Å²) in [5.74, 6) is 0.438. The molecule has 0 radical (unpaired) electrons. The number of ether oxygens (including phenoxy) is 1. The van der Waals surface area contributed by atoms with Crippen LogP contribution < -0.4 is 15.4 Å². The van der Waals surface area contributed by atoms with Gasteiger partial charge in [-0.2, -0.15) is 0 Å². The molecule has 1 fully saturated rings. The Morgan fingerprint density at radius 1 is 1.28 bits per heavy atom. The van der Waals surface area contributed by atoms with Gasteiger partial charge in [-0.15, -0.1) is 11.3 Å². The van der Waals surface area contributed by atoms with E-state index in [9.17, 15) is 9.59 Å². The molecular weight excluding hydrogens is 338 g/mol. The zero-order chi connectivity index (χ0) is 17.6. The van der Waals surface area contributed by atoms with Gasteiger partial charge in [0.05, 0.1) is 30.8 Å². The van der Waals surface area contributed by atoms with Crippen molar-refractivity contribution < 1.29 is 14.3 Å². The second-order valence-corrected chi connectivity index (χ2v) is 6.73. The number of amides is 2. The number of nitrogens with one attached hydrogen (secondary N) is 2. The Bertz CT molecular complexity index is 756. The van der Waals surface area contributed by atoms with Crippen LogP contribution in [-0.4, -0.2) is 36.0 Å². The van der Waals surface area contributed by atoms with E-state index in [-0.39, 0.29) is 24.8 Å². The molecule has 2 amide bonds. The summed E-state index contributed by atoms with van der Waals surface area (Å²) in [6.07, 6.45) is 2.22. The largest absolute Gasteiger partial charge is 0.493 e. The molecule has 1 aromatic carbocycles. The average molecular weight is 359 g/mol. The number of hydrogen-bond acceptors (Lipinski definition) is 5. The lowest BCUT2D eigenvalue weighted by atomic mass is 10.2. The molecule has 2 aromatic rings. The highest BCUT2D eigenvalue weighted by Gasteiger charge is 2.23. The molecule has 7 heteroatoms. The summed E-state index contributed by atoms with van der Waals surface area (Å²) < 4.78 is 5.63. The highest BCUT2D eigenvalue weighted by atomic mass is 32.1. The molecule has 6 nitrogen and oxygen atoms in total. The molecule has 0 unspecified atom stereocenters. The first-order valence-electron chi connectivity index (χ1n) is 8.38. The first-order chi connectivity index (χ1) is 12.2. The number of para-hydroxylation sites is 1. The molecule has 0 spiro atoms. The van der Waals surface area contributed by atoms with Crippen molar-refractivity contribution in [1.82, 2.24) is 15.6 Å². The number of rotatable bonds is 8. The molecule has 1 aliphatic carbocycles. The Balaban J connectivity index is 1.56. The van der Waals surface area contributed by atoms with Gasteiger partial charge >= 0.3 is 0 Å². The lowest BCUT2D eigenvalue weighted by Gasteiger charge is -2.07. The maximum Gasteiger partial charge on any atom is 0.239 e. The summed E-state index contributed by atoms with van der Waals surface area (Å²) in [4.78, 5) is 28.1. The van der Waals surface area contributed by atoms with Crippen molar-refractivity contribution in [2.45, 2.75) is 32.2 Å². The van der Waals surface area contributed by atoms with Crippen LogP contribution in [0.5, 0.6) is 5.75 Å². The van der Waals surface area contributed by atoms with Gasteiger partial charge in [-0.1, -0.05) is 12.1 Å². The molecule has 1 aliphatic rings. The number of carbonyl (C=O) groups is 2. The van der Waals surface area contributed by atoms with Crippen LogP contribution in [0.2, 0.25) is 0 Å². The van der Waals surface area contributed by atoms with Crippen molar-refractivity contribution in [3.63, 3.8) is 0 Å². The molecule has 1 heterocycles. The third-order valence-corrected chi connectivity index (χ3v) is 4.62. The van der Waals surface area contributed by atoms with Gasteiger partial charge in [-0.3, -0.25) is 9.59 Å². The maximum atomic E-state index is 12.0. The van der Waals surface area contributed by atoms with E-state index < -0.39 is 0 Å². The third-order valence-electron chi connectivity index (χ3n) is 3.70. The fourth-order valence-electron chi connectivity index (χ4n) is 2.35. The van der Waals surface area contributed by atoms with E-state index >= 15 is 0 Å². The second-order valence-electron chi connectivity index (χ2n) is 5.87. The summed E-state index contributed by atoms with van der Waals surface area (Å²) in [5.41, 5.74) is 1.61. The SMILES string of the molecule is CCOc1ccccc1-c1nc(CC(=O)NCC(=O)NC2CC2)cs1. The van der Waals surface area contributed by atoms with E-state index in [0.717, 1.165) is 29.2 Å². The van der Waals surface area contributed by atoms with Gasteiger partial charge in [-0.25, -0.2) is 4.98 Å². The van der Waals surface area contributed by atoms with E-state index in [2.05, 4.69) is 15.6 Å². The standard InChI is InChI=1S/C18H21N3O3S/c1-2-24-15-6-4-3-5-14(15)18-21-13(11-25-18)9-16(22)19-10-17(23)20-12-7-8-12/h3-6,11-12H,2,7-10H2,1H3,(H,19,22)(H,20,23). The zero-order valence-electron chi connectivity index (χ0n) is 14.1. The fraction of sp³-hybridized carbons (Fsp3) is 0.389. The van der Waals surface area contributed by atoms with Crippen molar-refractivity contribution in [2.24, 2.45) is 0 Å². The van der Waals surface area contributed by atoms with E-state index in [1.807, 2.05) is 36.6 Å². The Labute approximate surface area is 150 Å². The van der Waals surface area contributed by atoms with Gasteiger partial charge in [0.2, 0.25) is 11.8 Å². The van der Waals surface area contributed by atoms with Gasteiger partial charge in [0, 0.05) is 11.4 Å². The first kappa shape index (κ1) is 17.4. The molecule has 0 bridgehead atoms. The summed E-state index contributed by atoms with van der Waals surface area (Å²) in [6, 6.07) is 8.02. The van der Waals surface area contributed by atoms with Crippen molar-refractivity contribution in [3.8, 4) is 16.3 Å². The second kappa shape index (κ2) is 8.11. The highest BCUT2D eigenvalue weighted by Crippen LogP contribution is 2.32. The van der Waals surface area contributed by atoms with Crippen LogP contribution >= 0.6 is 11.3 Å². The van der Waals surface area contributed by atoms with E-state index in [1.165, 1.54) is 11.3 Å². The zero-order valence-corrected chi connectivity index (χ0v) is 14.9. The first-order valence-corrected chi connectivity index (χ1v) is 9.26. The van der Waals surface area contributed by atoms with Gasteiger partial charge in [0.15, 0.2) is 0 Å². The Hall–Kier alpha value is -2.41. The molecule has 25 heavy (non-hydrogen) atoms. The van der Waals surface area contributed by atoms with Crippen LogP contribution in [-0.2, 0) is 16.0 Å². The topological polar surface area (TPSA) is 80.3 Å². The molecule has 0 atom stereocenters. The Kier molecular flexibility index (Phi) is 5.65. The van der Waals surface area contributed by atoms with Crippen LogP contribution in [0, 0.1) is 0 Å². The monoisotopic (exact) mass is 359 g/mol. The predicted molar refractivity (Wildman–Crippen MR) is 96.6 cm³/mol. The Morgan fingerprint density at radius 3 is 2.84 bits per heavy atom. The molecule has 2 N–H and O–H groups in total. The van der Waals surface area contributed by atoms with Crippen molar-refractivity contribution in [1.29, 1.82) is 0 Å². The molecule has 0 saturated heterocycles. The van der Waals surface area contributed by atoms with Gasteiger partial charge in [0.1, 0.15) is 10.8 Å². The molecule has 0 aliphatic heterocycles. The summed E-state index contributed by atoms with van der Waals surface area (Å²) in [6.45, 7) is 2.54. The van der Waals surface area contributed by atoms with E-state index in [0.29, 0.717) is 18.3 Å². The quantitative estimate of drug-likeness (QED) is 0.757. The highest BCUT2D eigenvalue weighted by molar-refractivity contribution is 7.13. The maximum absolute atomic E-state index is 12.0. The lowest BCUT2D eigenvalue weighted by molar-refractivity contribution is -0.125. The molecule has 132 valence electrons. The summed E-state index contributed by atoms with van der Waals surface area (Å²) >= 11 is 1.48. The van der Waals surface area contributed by atoms with Crippen molar-refractivity contribution >= 4 is 23.2 Å². The van der Waals surface area contributed by atoms with Crippen LogP contribution in [0.25, 0.3) is 10.6 Å². The van der Waals surface area contributed by atoms with Crippen LogP contribution in [0.1, 0.15) is 25.5 Å². The van der Waals surface area contributed by atoms with Crippen molar-refractivity contribution in [2.75, 3.05) is 13.2 Å². The normalized spacial score (nSPS) is 13.3. The minimum absolute atomic E-state index is 0.0134. The van der Waals surface area contributed by atoms with Gasteiger partial charge in [-0.05, 0) is 31.9 Å². The van der Waals surface area contributed by atoms with E-state index in [1.54, 1.807) is 0 Å². The molecular formula is C18H21N3O3S. The van der Waals surface area contributed by atoms with Crippen LogP contribution in [0.15, 0.2) is 29.6 Å². The smallest absolute Gasteiger partial charge is 0.239 e. The number of thiazole rings is 1. The fourth-order valence-corrected chi connectivity index (χ4v) is 3.20. The number of carbonyl (C=O) groups excluding carboxylic acids is 2. The predicted octanol–water partition coefficient (Wildman–Crippen LogP) is 2.15. The third kappa shape index (κ3) is 5.03. The molecule has 3 rings (SSSR count). The van der Waals surface area contributed by atoms with Crippen LogP contribution in [0.3, 0.4) is 0 Å². The van der Waals surface area contributed by atoms with Gasteiger partial charge < -0.3 is 15.4 Å². The lowest BCUT2D eigenvalue weighted by Crippen LogP contribution is -2.38. The number of hydrogen-bond donors (Lipinski definition) is 2. The van der Waals surface area contributed by atoms with E-state index in [4.69, 9.17) is 4.74 Å². The minimum Gasteiger partial charge on any atom is -0.493 e. The Morgan fingerprint density at radius 2 is 2.08 bits per heavy atom. The molecule has 1 aromatic heterocycles. The molecule has 1 saturated carbocycles. The van der Waals surface area contributed by atoms with Crippen molar-refractivity contribution in [3.05, 3.63) is 35.3 Å².